The van der Waals surface area contributed by atoms with Crippen LogP contribution in [0.5, 0.6) is 0 Å². The fraction of sp³-hybridized carbons (Fsp3) is 0.278. The van der Waals surface area contributed by atoms with Gasteiger partial charge in [0.15, 0.2) is 0 Å². The number of nitrogens with one attached hydrogen (secondary N) is 2. The lowest BCUT2D eigenvalue weighted by atomic mass is 10.2. The van der Waals surface area contributed by atoms with Gasteiger partial charge >= 0.3 is 0 Å². The molecule has 2 aromatic heterocycles. The number of hydrogen-bond donors (Lipinski definition) is 2. The number of carbonyl (C=O) groups excluding carboxylic acids is 1. The number of fused-ring (bicyclic) bond motifs is 1. The molecule has 0 spiro atoms. The summed E-state index contributed by atoms with van der Waals surface area (Å²) < 4.78 is 0. The summed E-state index contributed by atoms with van der Waals surface area (Å²) in [5.41, 5.74) is 1.68. The van der Waals surface area contributed by atoms with Crippen molar-refractivity contribution in [3.8, 4) is 0 Å². The van der Waals surface area contributed by atoms with Crippen molar-refractivity contribution in [2.24, 2.45) is 0 Å². The average Bonchev–Trinajstić information content (AvgIpc) is 2.89. The van der Waals surface area contributed by atoms with Gasteiger partial charge in [-0.2, -0.15) is 0 Å². The van der Waals surface area contributed by atoms with Crippen molar-refractivity contribution in [1.82, 2.24) is 9.97 Å². The molecule has 0 bridgehead atoms. The molecule has 0 fully saturated rings. The van der Waals surface area contributed by atoms with Crippen molar-refractivity contribution >= 4 is 56.7 Å². The van der Waals surface area contributed by atoms with E-state index in [1.807, 2.05) is 44.4 Å². The van der Waals surface area contributed by atoms with Gasteiger partial charge in [-0.3, -0.25) is 9.59 Å². The molecule has 0 saturated heterocycles. The van der Waals surface area contributed by atoms with Gasteiger partial charge in [-0.05, 0) is 43.9 Å². The summed E-state index contributed by atoms with van der Waals surface area (Å²) in [6, 6.07) is 7.74. The largest absolute Gasteiger partial charge is 0.325 e. The van der Waals surface area contributed by atoms with Gasteiger partial charge in [0.25, 0.3) is 5.56 Å². The van der Waals surface area contributed by atoms with Gasteiger partial charge in [0.1, 0.15) is 10.7 Å². The van der Waals surface area contributed by atoms with Crippen LogP contribution in [0, 0.1) is 13.8 Å². The monoisotopic (exact) mass is 405 g/mol. The van der Waals surface area contributed by atoms with Crippen molar-refractivity contribution in [1.29, 1.82) is 0 Å². The first-order chi connectivity index (χ1) is 12.5. The SMILES string of the molecule is CSc1cccc(NC(=O)CSCc2nc3sc(C)c(C)c3c(=O)[nH]2)c1. The number of anilines is 1. The Kier molecular flexibility index (Phi) is 6.05. The van der Waals surface area contributed by atoms with Crippen LogP contribution >= 0.6 is 34.9 Å². The van der Waals surface area contributed by atoms with Crippen molar-refractivity contribution in [2.75, 3.05) is 17.3 Å². The fourth-order valence-electron chi connectivity index (χ4n) is 2.51. The quantitative estimate of drug-likeness (QED) is 0.601. The van der Waals surface area contributed by atoms with Crippen LogP contribution in [0.3, 0.4) is 0 Å². The number of aromatic nitrogens is 2. The number of H-pyrrole nitrogens is 1. The first-order valence-corrected chi connectivity index (χ1v) is 11.2. The third-order valence-electron chi connectivity index (χ3n) is 3.91. The summed E-state index contributed by atoms with van der Waals surface area (Å²) in [7, 11) is 0. The minimum Gasteiger partial charge on any atom is -0.325 e. The first kappa shape index (κ1) is 19.0. The van der Waals surface area contributed by atoms with Gasteiger partial charge in [0, 0.05) is 15.5 Å². The Morgan fingerprint density at radius 2 is 2.15 bits per heavy atom. The number of hydrogen-bond acceptors (Lipinski definition) is 6. The van der Waals surface area contributed by atoms with E-state index in [2.05, 4.69) is 15.3 Å². The van der Waals surface area contributed by atoms with Crippen LogP contribution in [0.25, 0.3) is 10.2 Å². The Labute approximate surface area is 164 Å². The maximum atomic E-state index is 12.3. The highest BCUT2D eigenvalue weighted by molar-refractivity contribution is 7.99. The number of aromatic amines is 1. The lowest BCUT2D eigenvalue weighted by Gasteiger charge is -2.06. The predicted octanol–water partition coefficient (Wildman–Crippen LogP) is 4.20. The van der Waals surface area contributed by atoms with E-state index in [4.69, 9.17) is 0 Å². The normalized spacial score (nSPS) is 11.0. The van der Waals surface area contributed by atoms with Gasteiger partial charge in [-0.15, -0.1) is 34.9 Å². The molecule has 0 unspecified atom stereocenters. The standard InChI is InChI=1S/C18H19N3O2S3/c1-10-11(2)26-18-16(10)17(23)20-14(21-18)8-25-9-15(22)19-12-5-4-6-13(7-12)24-3/h4-7H,8-9H2,1-3H3,(H,19,22)(H,20,21,23). The fourth-order valence-corrected chi connectivity index (χ4v) is 4.70. The van der Waals surface area contributed by atoms with E-state index >= 15 is 0 Å². The molecule has 1 aromatic carbocycles. The van der Waals surface area contributed by atoms with Crippen molar-refractivity contribution in [3.63, 3.8) is 0 Å². The van der Waals surface area contributed by atoms with Gasteiger partial charge < -0.3 is 10.3 Å². The van der Waals surface area contributed by atoms with E-state index in [1.54, 1.807) is 11.8 Å². The number of carbonyl (C=O) groups is 1. The highest BCUT2D eigenvalue weighted by Crippen LogP contribution is 2.26. The van der Waals surface area contributed by atoms with Crippen LogP contribution in [0.2, 0.25) is 0 Å². The number of aryl methyl sites for hydroxylation is 2. The van der Waals surface area contributed by atoms with Crippen molar-refractivity contribution < 1.29 is 4.79 Å². The molecule has 26 heavy (non-hydrogen) atoms. The molecule has 136 valence electrons. The molecule has 3 aromatic rings. The van der Waals surface area contributed by atoms with E-state index < -0.39 is 0 Å². The van der Waals surface area contributed by atoms with E-state index in [9.17, 15) is 9.59 Å². The topological polar surface area (TPSA) is 74.8 Å². The molecule has 8 heteroatoms. The number of amides is 1. The summed E-state index contributed by atoms with van der Waals surface area (Å²) in [5.74, 6) is 1.32. The summed E-state index contributed by atoms with van der Waals surface area (Å²) in [4.78, 5) is 34.7. The highest BCUT2D eigenvalue weighted by atomic mass is 32.2. The maximum absolute atomic E-state index is 12.3. The molecular formula is C18H19N3O2S3. The Morgan fingerprint density at radius 1 is 1.35 bits per heavy atom. The number of benzene rings is 1. The Hall–Kier alpha value is -1.77. The second-order valence-corrected chi connectivity index (χ2v) is 8.82. The number of nitrogens with zero attached hydrogens (tertiary/aromatic N) is 1. The summed E-state index contributed by atoms with van der Waals surface area (Å²) in [6.07, 6.45) is 2.00. The molecule has 0 aliphatic rings. The van der Waals surface area contributed by atoms with Crippen LogP contribution in [0.1, 0.15) is 16.3 Å². The van der Waals surface area contributed by atoms with Crippen LogP contribution in [0.4, 0.5) is 5.69 Å². The predicted molar refractivity (Wildman–Crippen MR) is 113 cm³/mol. The van der Waals surface area contributed by atoms with Crippen LogP contribution in [-0.4, -0.2) is 27.9 Å². The Morgan fingerprint density at radius 3 is 2.92 bits per heavy atom. The van der Waals surface area contributed by atoms with E-state index in [0.717, 1.165) is 25.9 Å². The number of thioether (sulfide) groups is 2. The van der Waals surface area contributed by atoms with Gasteiger partial charge in [0.2, 0.25) is 5.91 Å². The minimum atomic E-state index is -0.106. The minimum absolute atomic E-state index is 0.0699. The van der Waals surface area contributed by atoms with Crippen molar-refractivity contribution in [2.45, 2.75) is 24.5 Å². The van der Waals surface area contributed by atoms with Crippen LogP contribution < -0.4 is 10.9 Å². The highest BCUT2D eigenvalue weighted by Gasteiger charge is 2.12. The van der Waals surface area contributed by atoms with Gasteiger partial charge in [-0.1, -0.05) is 6.07 Å². The summed E-state index contributed by atoms with van der Waals surface area (Å²) in [6.45, 7) is 3.93. The van der Waals surface area contributed by atoms with Gasteiger partial charge in [0.05, 0.1) is 16.9 Å². The molecule has 0 aliphatic heterocycles. The molecule has 0 atom stereocenters. The third kappa shape index (κ3) is 4.31. The zero-order chi connectivity index (χ0) is 18.7. The third-order valence-corrected chi connectivity index (χ3v) is 6.68. The molecule has 0 radical (unpaired) electrons. The van der Waals surface area contributed by atoms with E-state index in [1.165, 1.54) is 23.1 Å². The molecule has 3 rings (SSSR count). The summed E-state index contributed by atoms with van der Waals surface area (Å²) in [5, 5.41) is 3.57. The lowest BCUT2D eigenvalue weighted by Crippen LogP contribution is -2.15. The zero-order valence-electron chi connectivity index (χ0n) is 14.7. The van der Waals surface area contributed by atoms with E-state index in [0.29, 0.717) is 22.7 Å². The summed E-state index contributed by atoms with van der Waals surface area (Å²) >= 11 is 4.59. The molecule has 1 amide bonds. The molecular weight excluding hydrogens is 386 g/mol. The van der Waals surface area contributed by atoms with Crippen LogP contribution in [-0.2, 0) is 10.5 Å². The van der Waals surface area contributed by atoms with Gasteiger partial charge in [-0.25, -0.2) is 4.98 Å². The first-order valence-electron chi connectivity index (χ1n) is 7.98. The zero-order valence-corrected chi connectivity index (χ0v) is 17.2. The number of rotatable bonds is 6. The maximum Gasteiger partial charge on any atom is 0.259 e. The van der Waals surface area contributed by atoms with Crippen LogP contribution in [0.15, 0.2) is 34.0 Å². The second-order valence-electron chi connectivity index (χ2n) is 5.75. The van der Waals surface area contributed by atoms with Crippen molar-refractivity contribution in [3.05, 3.63) is 50.9 Å². The molecule has 0 saturated carbocycles. The Balaban J connectivity index is 1.60. The second kappa shape index (κ2) is 8.28. The van der Waals surface area contributed by atoms with E-state index in [-0.39, 0.29) is 11.5 Å². The number of thiophene rings is 1. The molecule has 5 nitrogen and oxygen atoms in total. The molecule has 2 N–H and O–H groups in total. The Bertz CT molecular complexity index is 1010. The smallest absolute Gasteiger partial charge is 0.259 e. The molecule has 0 aliphatic carbocycles. The lowest BCUT2D eigenvalue weighted by molar-refractivity contribution is -0.113. The molecule has 2 heterocycles. The average molecular weight is 406 g/mol.